The molecule has 1 amide bonds. The van der Waals surface area contributed by atoms with Gasteiger partial charge in [0, 0.05) is 37.4 Å². The Bertz CT molecular complexity index is 531. The summed E-state index contributed by atoms with van der Waals surface area (Å²) in [5.41, 5.74) is 0.630. The smallest absolute Gasteiger partial charge is 0.228 e. The predicted molar refractivity (Wildman–Crippen MR) is 78.2 cm³/mol. The maximum atomic E-state index is 12.8. The molecule has 3 heterocycles. The molecule has 0 aliphatic carbocycles. The fourth-order valence-corrected chi connectivity index (χ4v) is 3.55. The number of fused-ring (bicyclic) bond motifs is 1. The van der Waals surface area contributed by atoms with E-state index in [9.17, 15) is 9.18 Å². The van der Waals surface area contributed by atoms with E-state index in [4.69, 9.17) is 0 Å². The fourth-order valence-electron chi connectivity index (χ4n) is 3.55. The van der Waals surface area contributed by atoms with Crippen LogP contribution in [-0.2, 0) is 11.2 Å². The third kappa shape index (κ3) is 2.83. The maximum absolute atomic E-state index is 12.8. The van der Waals surface area contributed by atoms with Crippen LogP contribution in [0.5, 0.6) is 0 Å². The van der Waals surface area contributed by atoms with E-state index in [0.717, 1.165) is 38.7 Å². The van der Waals surface area contributed by atoms with E-state index in [1.165, 1.54) is 6.07 Å². The van der Waals surface area contributed by atoms with Crippen LogP contribution in [0.1, 0.15) is 18.5 Å². The molecule has 2 fully saturated rings. The Hall–Kier alpha value is -1.75. The van der Waals surface area contributed by atoms with Gasteiger partial charge in [-0.3, -0.25) is 14.7 Å². The van der Waals surface area contributed by atoms with Crippen molar-refractivity contribution in [2.24, 2.45) is 0 Å². The minimum atomic E-state index is -0.372. The number of carbonyl (C=O) groups is 1. The second kappa shape index (κ2) is 5.93. The molecular weight excluding hydrogens is 269 g/mol. The van der Waals surface area contributed by atoms with Crippen molar-refractivity contribution in [1.29, 1.82) is 0 Å². The first-order valence-corrected chi connectivity index (χ1v) is 7.44. The van der Waals surface area contributed by atoms with E-state index in [-0.39, 0.29) is 18.1 Å². The fraction of sp³-hybridized carbons (Fsp3) is 0.500. The Kier molecular flexibility index (Phi) is 4.01. The third-order valence-corrected chi connectivity index (χ3v) is 4.50. The Morgan fingerprint density at radius 1 is 1.38 bits per heavy atom. The summed E-state index contributed by atoms with van der Waals surface area (Å²) in [4.78, 5) is 20.8. The summed E-state index contributed by atoms with van der Waals surface area (Å²) in [5.74, 6) is -0.273. The number of hydrogen-bond acceptors (Lipinski definition) is 3. The summed E-state index contributed by atoms with van der Waals surface area (Å²) in [6.45, 7) is 6.52. The largest absolute Gasteiger partial charge is 0.338 e. The maximum Gasteiger partial charge on any atom is 0.228 e. The van der Waals surface area contributed by atoms with Crippen LogP contribution in [0.2, 0.25) is 0 Å². The molecule has 1 aromatic rings. The molecule has 0 radical (unpaired) electrons. The van der Waals surface area contributed by atoms with E-state index in [1.54, 1.807) is 6.07 Å². The summed E-state index contributed by atoms with van der Waals surface area (Å²) in [6, 6.07) is 3.72. The highest BCUT2D eigenvalue weighted by atomic mass is 19.1. The number of aromatic nitrogens is 1. The number of hydrogen-bond donors (Lipinski definition) is 0. The number of halogens is 1. The van der Waals surface area contributed by atoms with Gasteiger partial charge < -0.3 is 4.90 Å². The molecule has 2 atom stereocenters. The average Bonchev–Trinajstić information content (AvgIpc) is 3.05. The van der Waals surface area contributed by atoms with Gasteiger partial charge in [-0.15, -0.1) is 6.58 Å². The van der Waals surface area contributed by atoms with Gasteiger partial charge in [-0.25, -0.2) is 4.39 Å². The molecule has 0 bridgehead atoms. The Morgan fingerprint density at radius 3 is 2.90 bits per heavy atom. The second-order valence-electron chi connectivity index (χ2n) is 5.73. The van der Waals surface area contributed by atoms with Crippen LogP contribution in [0.15, 0.2) is 31.0 Å². The zero-order valence-corrected chi connectivity index (χ0v) is 12.0. The van der Waals surface area contributed by atoms with Gasteiger partial charge in [-0.2, -0.15) is 0 Å². The van der Waals surface area contributed by atoms with Gasteiger partial charge >= 0.3 is 0 Å². The molecule has 0 saturated carbocycles. The molecule has 0 aromatic carbocycles. The van der Waals surface area contributed by atoms with Gasteiger partial charge in [0.25, 0.3) is 0 Å². The van der Waals surface area contributed by atoms with Crippen molar-refractivity contribution in [1.82, 2.24) is 14.8 Å². The van der Waals surface area contributed by atoms with Crippen molar-refractivity contribution in [3.05, 3.63) is 42.5 Å². The van der Waals surface area contributed by atoms with E-state index in [2.05, 4.69) is 16.5 Å². The normalized spacial score (nSPS) is 25.1. The zero-order valence-electron chi connectivity index (χ0n) is 12.0. The molecule has 2 aliphatic rings. The molecule has 2 aliphatic heterocycles. The Labute approximate surface area is 124 Å². The standard InChI is InChI=1S/C16H20FN3O/c1-2-7-19-8-5-15-14(19)6-9-20(15)16(21)10-13-4-3-12(17)11-18-13/h2-4,11,14-15H,1,5-10H2/t14-,15+/m0/s1. The summed E-state index contributed by atoms with van der Waals surface area (Å²) >= 11 is 0. The molecule has 21 heavy (non-hydrogen) atoms. The van der Waals surface area contributed by atoms with Crippen LogP contribution in [0.4, 0.5) is 4.39 Å². The van der Waals surface area contributed by atoms with Gasteiger partial charge in [0.15, 0.2) is 0 Å². The minimum Gasteiger partial charge on any atom is -0.338 e. The molecular formula is C16H20FN3O. The molecule has 3 rings (SSSR count). The molecule has 0 N–H and O–H groups in total. The molecule has 0 unspecified atom stereocenters. The molecule has 112 valence electrons. The molecule has 1 aromatic heterocycles. The first-order chi connectivity index (χ1) is 10.2. The predicted octanol–water partition coefficient (Wildman–Crippen LogP) is 1.62. The van der Waals surface area contributed by atoms with Crippen LogP contribution >= 0.6 is 0 Å². The second-order valence-corrected chi connectivity index (χ2v) is 5.73. The first-order valence-electron chi connectivity index (χ1n) is 7.44. The number of carbonyl (C=O) groups excluding carboxylic acids is 1. The summed E-state index contributed by atoms with van der Waals surface area (Å²) < 4.78 is 12.8. The van der Waals surface area contributed by atoms with E-state index < -0.39 is 0 Å². The van der Waals surface area contributed by atoms with Gasteiger partial charge in [0.1, 0.15) is 5.82 Å². The summed E-state index contributed by atoms with van der Waals surface area (Å²) in [7, 11) is 0. The molecule has 5 heteroatoms. The van der Waals surface area contributed by atoms with E-state index >= 15 is 0 Å². The lowest BCUT2D eigenvalue weighted by Crippen LogP contribution is -2.40. The van der Waals surface area contributed by atoms with Crippen molar-refractivity contribution in [3.8, 4) is 0 Å². The quantitative estimate of drug-likeness (QED) is 0.790. The van der Waals surface area contributed by atoms with Crippen LogP contribution in [-0.4, -0.2) is 52.4 Å². The zero-order chi connectivity index (χ0) is 14.8. The molecule has 0 spiro atoms. The number of amides is 1. The lowest BCUT2D eigenvalue weighted by Gasteiger charge is -2.25. The van der Waals surface area contributed by atoms with E-state index in [1.807, 2.05) is 11.0 Å². The van der Waals surface area contributed by atoms with E-state index in [0.29, 0.717) is 17.8 Å². The Balaban J connectivity index is 1.64. The number of nitrogens with zero attached hydrogens (tertiary/aromatic N) is 3. The van der Waals surface area contributed by atoms with Crippen molar-refractivity contribution >= 4 is 5.91 Å². The third-order valence-electron chi connectivity index (χ3n) is 4.50. The highest BCUT2D eigenvalue weighted by Crippen LogP contribution is 2.31. The van der Waals surface area contributed by atoms with Gasteiger partial charge in [-0.05, 0) is 25.0 Å². The highest BCUT2D eigenvalue weighted by molar-refractivity contribution is 5.79. The van der Waals surface area contributed by atoms with Crippen LogP contribution in [0, 0.1) is 5.82 Å². The molecule has 2 saturated heterocycles. The van der Waals surface area contributed by atoms with Gasteiger partial charge in [0.2, 0.25) is 5.91 Å². The van der Waals surface area contributed by atoms with Crippen molar-refractivity contribution in [2.45, 2.75) is 31.3 Å². The van der Waals surface area contributed by atoms with Crippen LogP contribution < -0.4 is 0 Å². The number of likely N-dealkylation sites (tertiary alicyclic amines) is 2. The number of pyridine rings is 1. The highest BCUT2D eigenvalue weighted by Gasteiger charge is 2.43. The van der Waals surface area contributed by atoms with Crippen molar-refractivity contribution in [2.75, 3.05) is 19.6 Å². The Morgan fingerprint density at radius 2 is 2.19 bits per heavy atom. The van der Waals surface area contributed by atoms with Crippen LogP contribution in [0.25, 0.3) is 0 Å². The SMILES string of the molecule is C=CCN1CC[C@@H]2[C@@H]1CCN2C(=O)Cc1ccc(F)cn1. The summed E-state index contributed by atoms with van der Waals surface area (Å²) in [6.07, 6.45) is 5.40. The monoisotopic (exact) mass is 289 g/mol. The lowest BCUT2D eigenvalue weighted by atomic mass is 10.1. The van der Waals surface area contributed by atoms with Crippen molar-refractivity contribution in [3.63, 3.8) is 0 Å². The lowest BCUT2D eigenvalue weighted by molar-refractivity contribution is -0.131. The molecule has 4 nitrogen and oxygen atoms in total. The van der Waals surface area contributed by atoms with Gasteiger partial charge in [-0.1, -0.05) is 6.08 Å². The number of rotatable bonds is 4. The van der Waals surface area contributed by atoms with Crippen LogP contribution in [0.3, 0.4) is 0 Å². The van der Waals surface area contributed by atoms with Gasteiger partial charge in [0.05, 0.1) is 12.6 Å². The van der Waals surface area contributed by atoms with Crippen molar-refractivity contribution < 1.29 is 9.18 Å². The summed E-state index contributed by atoms with van der Waals surface area (Å²) in [5, 5.41) is 0. The average molecular weight is 289 g/mol. The topological polar surface area (TPSA) is 36.4 Å². The first kappa shape index (κ1) is 14.2. The minimum absolute atomic E-state index is 0.0991.